The Morgan fingerprint density at radius 3 is 2.42 bits per heavy atom. The van der Waals surface area contributed by atoms with Crippen molar-refractivity contribution >= 4 is 22.8 Å². The fourth-order valence-corrected chi connectivity index (χ4v) is 4.18. The van der Waals surface area contributed by atoms with Crippen LogP contribution in [0.15, 0.2) is 72.5 Å². The normalized spacial score (nSPS) is 14.0. The minimum Gasteiger partial charge on any atom is -0.496 e. The molecule has 1 aromatic heterocycles. The van der Waals surface area contributed by atoms with Crippen molar-refractivity contribution in [3.05, 3.63) is 83.6 Å². The van der Waals surface area contributed by atoms with E-state index < -0.39 is 0 Å². The highest BCUT2D eigenvalue weighted by molar-refractivity contribution is 6.17. The van der Waals surface area contributed by atoms with E-state index in [1.807, 2.05) is 43.5 Å². The average molecular weight is 411 g/mol. The molecule has 0 aliphatic carbocycles. The second-order valence-corrected chi connectivity index (χ2v) is 7.35. The van der Waals surface area contributed by atoms with Crippen molar-refractivity contribution in [3.8, 4) is 28.5 Å². The molecule has 1 aliphatic rings. The SMILES string of the molecule is COc1cc(OC)c2c(c1)OC(=Cc1c(-c3ccccc3)n(C)c3ccccc13)C2=O. The van der Waals surface area contributed by atoms with Gasteiger partial charge in [0.15, 0.2) is 5.76 Å². The summed E-state index contributed by atoms with van der Waals surface area (Å²) < 4.78 is 18.9. The zero-order valence-corrected chi connectivity index (χ0v) is 17.5. The van der Waals surface area contributed by atoms with Crippen LogP contribution in [0.25, 0.3) is 28.2 Å². The lowest BCUT2D eigenvalue weighted by molar-refractivity contribution is 0.101. The predicted octanol–water partition coefficient (Wildman–Crippen LogP) is 5.48. The second-order valence-electron chi connectivity index (χ2n) is 7.35. The minimum absolute atomic E-state index is 0.207. The highest BCUT2D eigenvalue weighted by atomic mass is 16.5. The molecule has 4 aromatic rings. The maximum atomic E-state index is 13.3. The summed E-state index contributed by atoms with van der Waals surface area (Å²) in [5.41, 5.74) is 4.51. The number of benzene rings is 3. The van der Waals surface area contributed by atoms with E-state index in [9.17, 15) is 4.79 Å². The second kappa shape index (κ2) is 7.36. The number of hydrogen-bond donors (Lipinski definition) is 0. The van der Waals surface area contributed by atoms with E-state index in [2.05, 4.69) is 28.8 Å². The molecule has 31 heavy (non-hydrogen) atoms. The smallest absolute Gasteiger partial charge is 0.235 e. The molecule has 5 nitrogen and oxygen atoms in total. The van der Waals surface area contributed by atoms with Gasteiger partial charge in [0.2, 0.25) is 5.78 Å². The van der Waals surface area contributed by atoms with E-state index in [4.69, 9.17) is 14.2 Å². The van der Waals surface area contributed by atoms with E-state index >= 15 is 0 Å². The van der Waals surface area contributed by atoms with Crippen LogP contribution in [0.4, 0.5) is 0 Å². The van der Waals surface area contributed by atoms with Gasteiger partial charge >= 0.3 is 0 Å². The first-order valence-corrected chi connectivity index (χ1v) is 9.95. The third-order valence-corrected chi connectivity index (χ3v) is 5.63. The first-order chi connectivity index (χ1) is 15.1. The van der Waals surface area contributed by atoms with Gasteiger partial charge in [-0.25, -0.2) is 0 Å². The van der Waals surface area contributed by atoms with Gasteiger partial charge in [-0.2, -0.15) is 0 Å². The highest BCUT2D eigenvalue weighted by Gasteiger charge is 2.32. The molecule has 0 fully saturated rings. The van der Waals surface area contributed by atoms with Gasteiger partial charge in [-0.1, -0.05) is 48.5 Å². The molecule has 0 atom stereocenters. The molecular formula is C26H21NO4. The van der Waals surface area contributed by atoms with Crippen molar-refractivity contribution in [1.29, 1.82) is 0 Å². The van der Waals surface area contributed by atoms with Crippen LogP contribution in [0.1, 0.15) is 15.9 Å². The maximum Gasteiger partial charge on any atom is 0.235 e. The van der Waals surface area contributed by atoms with Gasteiger partial charge in [-0.05, 0) is 17.7 Å². The van der Waals surface area contributed by atoms with Crippen molar-refractivity contribution in [2.45, 2.75) is 0 Å². The summed E-state index contributed by atoms with van der Waals surface area (Å²) in [4.78, 5) is 13.3. The summed E-state index contributed by atoms with van der Waals surface area (Å²) in [5, 5.41) is 1.05. The van der Waals surface area contributed by atoms with Crippen molar-refractivity contribution in [2.24, 2.45) is 7.05 Å². The van der Waals surface area contributed by atoms with Crippen LogP contribution in [0.2, 0.25) is 0 Å². The Labute approximate surface area is 180 Å². The number of methoxy groups -OCH3 is 2. The molecule has 0 bridgehead atoms. The Balaban J connectivity index is 1.72. The van der Waals surface area contributed by atoms with Gasteiger partial charge in [0.05, 0.1) is 19.9 Å². The standard InChI is InChI=1S/C26H21NO4/c1-27-20-12-8-7-11-18(20)19(25(27)16-9-5-4-6-10-16)15-23-26(28)24-21(30-3)13-17(29-2)14-22(24)31-23/h4-15H,1-3H3. The van der Waals surface area contributed by atoms with Crippen molar-refractivity contribution in [2.75, 3.05) is 14.2 Å². The summed E-state index contributed by atoms with van der Waals surface area (Å²) in [6.07, 6.45) is 1.83. The number of ether oxygens (including phenoxy) is 3. The molecule has 0 saturated heterocycles. The first-order valence-electron chi connectivity index (χ1n) is 9.95. The summed E-state index contributed by atoms with van der Waals surface area (Å²) in [6.45, 7) is 0. The molecule has 0 amide bonds. The first kappa shape index (κ1) is 19.0. The predicted molar refractivity (Wildman–Crippen MR) is 121 cm³/mol. The molecule has 0 unspecified atom stereocenters. The molecule has 3 aromatic carbocycles. The van der Waals surface area contributed by atoms with Crippen molar-refractivity contribution < 1.29 is 19.0 Å². The Morgan fingerprint density at radius 1 is 0.935 bits per heavy atom. The maximum absolute atomic E-state index is 13.3. The summed E-state index contributed by atoms with van der Waals surface area (Å²) in [7, 11) is 5.13. The molecular weight excluding hydrogens is 390 g/mol. The Morgan fingerprint density at radius 2 is 1.68 bits per heavy atom. The number of fused-ring (bicyclic) bond motifs is 2. The number of rotatable bonds is 4. The Kier molecular flexibility index (Phi) is 4.51. The van der Waals surface area contributed by atoms with E-state index in [1.165, 1.54) is 7.11 Å². The fourth-order valence-electron chi connectivity index (χ4n) is 4.18. The van der Waals surface area contributed by atoms with Crippen LogP contribution in [0, 0.1) is 0 Å². The molecule has 2 heterocycles. The monoisotopic (exact) mass is 411 g/mol. The summed E-state index contributed by atoms with van der Waals surface area (Å²) >= 11 is 0. The molecule has 0 spiro atoms. The number of hydrogen-bond acceptors (Lipinski definition) is 4. The lowest BCUT2D eigenvalue weighted by Crippen LogP contribution is -2.00. The highest BCUT2D eigenvalue weighted by Crippen LogP contribution is 2.43. The van der Waals surface area contributed by atoms with Gasteiger partial charge < -0.3 is 18.8 Å². The quantitative estimate of drug-likeness (QED) is 0.417. The van der Waals surface area contributed by atoms with E-state index in [1.54, 1.807) is 19.2 Å². The fraction of sp³-hybridized carbons (Fsp3) is 0.115. The van der Waals surface area contributed by atoms with E-state index in [-0.39, 0.29) is 11.5 Å². The Bertz CT molecular complexity index is 1350. The van der Waals surface area contributed by atoms with Crippen LogP contribution >= 0.6 is 0 Å². The number of nitrogens with zero attached hydrogens (tertiary/aromatic N) is 1. The minimum atomic E-state index is -0.207. The largest absolute Gasteiger partial charge is 0.496 e. The zero-order chi connectivity index (χ0) is 21.5. The van der Waals surface area contributed by atoms with Crippen LogP contribution < -0.4 is 14.2 Å². The lowest BCUT2D eigenvalue weighted by Gasteiger charge is -2.07. The van der Waals surface area contributed by atoms with Crippen LogP contribution in [0.5, 0.6) is 17.2 Å². The van der Waals surface area contributed by atoms with Crippen LogP contribution in [-0.4, -0.2) is 24.6 Å². The number of carbonyl (C=O) groups is 1. The van der Waals surface area contributed by atoms with Crippen LogP contribution in [0.3, 0.4) is 0 Å². The third-order valence-electron chi connectivity index (χ3n) is 5.63. The Hall–Kier alpha value is -3.99. The number of para-hydroxylation sites is 1. The lowest BCUT2D eigenvalue weighted by atomic mass is 10.0. The molecule has 154 valence electrons. The molecule has 0 radical (unpaired) electrons. The van der Waals surface area contributed by atoms with Gasteiger partial charge in [0, 0.05) is 35.6 Å². The number of carbonyl (C=O) groups excluding carboxylic acids is 1. The molecule has 0 saturated carbocycles. The number of allylic oxidation sites excluding steroid dienone is 1. The zero-order valence-electron chi connectivity index (χ0n) is 17.5. The third kappa shape index (κ3) is 2.97. The van der Waals surface area contributed by atoms with Gasteiger partial charge in [-0.15, -0.1) is 0 Å². The molecule has 5 heteroatoms. The molecule has 1 aliphatic heterocycles. The molecule has 5 rings (SSSR count). The molecule has 0 N–H and O–H groups in total. The summed E-state index contributed by atoms with van der Waals surface area (Å²) in [5.74, 6) is 1.49. The van der Waals surface area contributed by atoms with Gasteiger partial charge in [0.25, 0.3) is 0 Å². The number of ketones is 1. The van der Waals surface area contributed by atoms with Crippen molar-refractivity contribution in [3.63, 3.8) is 0 Å². The topological polar surface area (TPSA) is 49.7 Å². The van der Waals surface area contributed by atoms with Crippen LogP contribution in [-0.2, 0) is 7.05 Å². The van der Waals surface area contributed by atoms with Gasteiger partial charge in [-0.3, -0.25) is 4.79 Å². The number of aromatic nitrogens is 1. The number of aryl methyl sites for hydroxylation is 1. The van der Waals surface area contributed by atoms with E-state index in [0.717, 1.165) is 27.7 Å². The van der Waals surface area contributed by atoms with Gasteiger partial charge in [0.1, 0.15) is 22.8 Å². The average Bonchev–Trinajstić information content (AvgIpc) is 3.28. The van der Waals surface area contributed by atoms with E-state index in [0.29, 0.717) is 22.8 Å². The number of Topliss-reactive ketones (excluding diaryl/α,β-unsaturated/α-hetero) is 1. The summed E-state index contributed by atoms with van der Waals surface area (Å²) in [6, 6.07) is 21.7. The van der Waals surface area contributed by atoms with Crippen molar-refractivity contribution in [1.82, 2.24) is 4.57 Å².